The van der Waals surface area contributed by atoms with Gasteiger partial charge in [0.2, 0.25) is 0 Å². The van der Waals surface area contributed by atoms with E-state index in [1.807, 2.05) is 42.2 Å². The van der Waals surface area contributed by atoms with E-state index >= 15 is 0 Å². The summed E-state index contributed by atoms with van der Waals surface area (Å²) >= 11 is 0. The van der Waals surface area contributed by atoms with Gasteiger partial charge in [-0.3, -0.25) is 9.59 Å². The number of nitrogens with one attached hydrogen (secondary N) is 1. The molecule has 1 N–H and O–H groups in total. The van der Waals surface area contributed by atoms with Crippen molar-refractivity contribution in [1.29, 1.82) is 0 Å². The highest BCUT2D eigenvalue weighted by Gasteiger charge is 2.18. The molecule has 1 heterocycles. The molecule has 0 bridgehead atoms. The first-order valence-electron chi connectivity index (χ1n) is 10.7. The van der Waals surface area contributed by atoms with Gasteiger partial charge in [0.1, 0.15) is 0 Å². The molecule has 0 radical (unpaired) electrons. The van der Waals surface area contributed by atoms with Crippen molar-refractivity contribution in [2.24, 2.45) is 0 Å². The van der Waals surface area contributed by atoms with Crippen LogP contribution < -0.4 is 14.8 Å². The Balaban J connectivity index is 1.57. The minimum Gasteiger partial charge on any atom is -0.490 e. The lowest BCUT2D eigenvalue weighted by Crippen LogP contribution is -2.38. The van der Waals surface area contributed by atoms with Crippen molar-refractivity contribution >= 4 is 11.8 Å². The average molecular weight is 421 g/mol. The second-order valence-corrected chi connectivity index (χ2v) is 7.18. The van der Waals surface area contributed by atoms with E-state index in [-0.39, 0.29) is 25.0 Å². The molecular formula is C25H28N2O4. The zero-order chi connectivity index (χ0) is 21.9. The van der Waals surface area contributed by atoms with E-state index in [2.05, 4.69) is 17.2 Å². The summed E-state index contributed by atoms with van der Waals surface area (Å²) in [6, 6.07) is 14.5. The van der Waals surface area contributed by atoms with Crippen LogP contribution in [0.5, 0.6) is 11.5 Å². The zero-order valence-electron chi connectivity index (χ0n) is 17.9. The van der Waals surface area contributed by atoms with Crippen LogP contribution in [0.1, 0.15) is 42.1 Å². The van der Waals surface area contributed by atoms with Gasteiger partial charge >= 0.3 is 0 Å². The molecule has 6 nitrogen and oxygen atoms in total. The third kappa shape index (κ3) is 6.78. The number of piperidine rings is 1. The first-order chi connectivity index (χ1) is 15.2. The fourth-order valence-corrected chi connectivity index (χ4v) is 3.31. The van der Waals surface area contributed by atoms with Crippen LogP contribution in [0.15, 0.2) is 48.5 Å². The second-order valence-electron chi connectivity index (χ2n) is 7.18. The molecule has 0 spiro atoms. The van der Waals surface area contributed by atoms with Gasteiger partial charge in [0.05, 0.1) is 13.2 Å². The lowest BCUT2D eigenvalue weighted by molar-refractivity contribution is -0.134. The molecule has 1 aliphatic rings. The summed E-state index contributed by atoms with van der Waals surface area (Å²) in [7, 11) is 0. The van der Waals surface area contributed by atoms with Gasteiger partial charge in [-0.1, -0.05) is 30.0 Å². The van der Waals surface area contributed by atoms with Crippen molar-refractivity contribution in [2.75, 3.05) is 32.8 Å². The van der Waals surface area contributed by atoms with Gasteiger partial charge in [0.25, 0.3) is 11.8 Å². The van der Waals surface area contributed by atoms with Crippen LogP contribution >= 0.6 is 0 Å². The maximum atomic E-state index is 12.5. The molecule has 2 aromatic carbocycles. The maximum absolute atomic E-state index is 12.5. The van der Waals surface area contributed by atoms with Gasteiger partial charge in [-0.05, 0) is 56.5 Å². The predicted molar refractivity (Wildman–Crippen MR) is 119 cm³/mol. The quantitative estimate of drug-likeness (QED) is 0.699. The maximum Gasteiger partial charge on any atom is 0.260 e. The molecular weight excluding hydrogens is 392 g/mol. The topological polar surface area (TPSA) is 67.9 Å². The van der Waals surface area contributed by atoms with E-state index in [0.29, 0.717) is 23.7 Å². The van der Waals surface area contributed by atoms with Crippen LogP contribution in [0.3, 0.4) is 0 Å². The number of hydrogen-bond donors (Lipinski definition) is 1. The Morgan fingerprint density at radius 2 is 1.77 bits per heavy atom. The van der Waals surface area contributed by atoms with Crippen molar-refractivity contribution in [3.63, 3.8) is 0 Å². The number of nitrogens with zero attached hydrogens (tertiary/aromatic N) is 1. The Morgan fingerprint density at radius 3 is 2.52 bits per heavy atom. The van der Waals surface area contributed by atoms with Crippen molar-refractivity contribution < 1.29 is 19.1 Å². The zero-order valence-corrected chi connectivity index (χ0v) is 17.9. The standard InChI is InChI=1S/C25H28N2O4/c1-2-30-23-18-21(25(29)26-15-9-12-20-10-5-3-6-11-20)13-14-22(23)31-19-24(28)27-16-7-4-8-17-27/h3,5-6,10-11,13-14,18H,2,4,7-8,15-17,19H2,1H3,(H,26,29). The van der Waals surface area contributed by atoms with Crippen LogP contribution in [-0.4, -0.2) is 49.6 Å². The highest BCUT2D eigenvalue weighted by Crippen LogP contribution is 2.28. The number of ether oxygens (including phenoxy) is 2. The minimum atomic E-state index is -0.251. The molecule has 31 heavy (non-hydrogen) atoms. The summed E-state index contributed by atoms with van der Waals surface area (Å²) in [6.45, 7) is 4.04. The molecule has 1 aliphatic heterocycles. The first-order valence-corrected chi connectivity index (χ1v) is 10.7. The van der Waals surface area contributed by atoms with E-state index in [4.69, 9.17) is 9.47 Å². The lowest BCUT2D eigenvalue weighted by Gasteiger charge is -2.26. The third-order valence-electron chi connectivity index (χ3n) is 4.91. The monoisotopic (exact) mass is 420 g/mol. The summed E-state index contributed by atoms with van der Waals surface area (Å²) in [5.74, 6) is 6.55. The van der Waals surface area contributed by atoms with Crippen molar-refractivity contribution in [1.82, 2.24) is 10.2 Å². The molecule has 3 rings (SSSR count). The highest BCUT2D eigenvalue weighted by molar-refractivity contribution is 5.95. The van der Waals surface area contributed by atoms with Gasteiger partial charge < -0.3 is 19.7 Å². The first kappa shape index (κ1) is 22.2. The third-order valence-corrected chi connectivity index (χ3v) is 4.91. The number of carbonyl (C=O) groups excluding carboxylic acids is 2. The van der Waals surface area contributed by atoms with Crippen LogP contribution in [0, 0.1) is 11.8 Å². The van der Waals surface area contributed by atoms with Gasteiger partial charge in [-0.15, -0.1) is 0 Å². The summed E-state index contributed by atoms with van der Waals surface area (Å²) in [5.41, 5.74) is 1.34. The van der Waals surface area contributed by atoms with E-state index in [0.717, 1.165) is 31.5 Å². The summed E-state index contributed by atoms with van der Waals surface area (Å²) in [4.78, 5) is 26.6. The summed E-state index contributed by atoms with van der Waals surface area (Å²) in [5, 5.41) is 2.78. The van der Waals surface area contributed by atoms with Gasteiger partial charge in [-0.25, -0.2) is 0 Å². The average Bonchev–Trinajstić information content (AvgIpc) is 2.82. The molecule has 1 fully saturated rings. The van der Waals surface area contributed by atoms with Gasteiger partial charge in [0.15, 0.2) is 18.1 Å². The number of likely N-dealkylation sites (tertiary alicyclic amines) is 1. The Labute approximate surface area is 183 Å². The molecule has 0 atom stereocenters. The summed E-state index contributed by atoms with van der Waals surface area (Å²) < 4.78 is 11.3. The molecule has 2 aromatic rings. The largest absolute Gasteiger partial charge is 0.490 e. The Morgan fingerprint density at radius 1 is 1.00 bits per heavy atom. The van der Waals surface area contributed by atoms with Gasteiger partial charge in [-0.2, -0.15) is 0 Å². The summed E-state index contributed by atoms with van der Waals surface area (Å²) in [6.07, 6.45) is 3.24. The fourth-order valence-electron chi connectivity index (χ4n) is 3.31. The van der Waals surface area contributed by atoms with Crippen molar-refractivity contribution in [2.45, 2.75) is 26.2 Å². The number of benzene rings is 2. The van der Waals surface area contributed by atoms with Gasteiger partial charge in [0, 0.05) is 24.2 Å². The molecule has 0 aromatic heterocycles. The van der Waals surface area contributed by atoms with Crippen LogP contribution in [0.2, 0.25) is 0 Å². The fraction of sp³-hybridized carbons (Fsp3) is 0.360. The molecule has 0 unspecified atom stereocenters. The minimum absolute atomic E-state index is 0.0269. The molecule has 0 saturated carbocycles. The molecule has 2 amide bonds. The Hall–Kier alpha value is -3.46. The van der Waals surface area contributed by atoms with E-state index in [1.165, 1.54) is 6.42 Å². The van der Waals surface area contributed by atoms with E-state index < -0.39 is 0 Å². The van der Waals surface area contributed by atoms with E-state index in [1.54, 1.807) is 18.2 Å². The number of hydrogen-bond acceptors (Lipinski definition) is 4. The second kappa shape index (κ2) is 11.7. The number of rotatable bonds is 7. The van der Waals surface area contributed by atoms with Crippen molar-refractivity contribution in [3.8, 4) is 23.3 Å². The smallest absolute Gasteiger partial charge is 0.260 e. The highest BCUT2D eigenvalue weighted by atomic mass is 16.5. The SMILES string of the molecule is CCOc1cc(C(=O)NCC#Cc2ccccc2)ccc1OCC(=O)N1CCCCC1. The molecule has 0 aliphatic carbocycles. The molecule has 162 valence electrons. The number of amides is 2. The normalized spacial score (nSPS) is 13.0. The number of carbonyl (C=O) groups is 2. The molecule has 1 saturated heterocycles. The van der Waals surface area contributed by atoms with Crippen LogP contribution in [0.25, 0.3) is 0 Å². The Kier molecular flexibility index (Phi) is 8.36. The van der Waals surface area contributed by atoms with Crippen LogP contribution in [0.4, 0.5) is 0 Å². The Bertz CT molecular complexity index is 941. The van der Waals surface area contributed by atoms with Crippen LogP contribution in [-0.2, 0) is 4.79 Å². The molecule has 6 heteroatoms. The van der Waals surface area contributed by atoms with E-state index in [9.17, 15) is 9.59 Å². The van der Waals surface area contributed by atoms with Crippen molar-refractivity contribution in [3.05, 3.63) is 59.7 Å². The lowest BCUT2D eigenvalue weighted by atomic mass is 10.1. The predicted octanol–water partition coefficient (Wildman–Crippen LogP) is 3.26.